The first kappa shape index (κ1) is 9.79. The molecular formula is C10H9N3OS. The Morgan fingerprint density at radius 1 is 1.33 bits per heavy atom. The van der Waals surface area contributed by atoms with Crippen molar-refractivity contribution in [1.82, 2.24) is 14.7 Å². The van der Waals surface area contributed by atoms with Gasteiger partial charge in [-0.05, 0) is 0 Å². The molecule has 0 saturated heterocycles. The van der Waals surface area contributed by atoms with Crippen LogP contribution in [0.4, 0.5) is 0 Å². The first-order valence-electron chi connectivity index (χ1n) is 4.36. The Balaban J connectivity index is 2.32. The predicted molar refractivity (Wildman–Crippen MR) is 60.5 cm³/mol. The number of nitrogens with one attached hydrogen (secondary N) is 2. The fourth-order valence-corrected chi connectivity index (χ4v) is 1.36. The molecule has 0 radical (unpaired) electrons. The van der Waals surface area contributed by atoms with Crippen LogP contribution in [-0.4, -0.2) is 15.9 Å². The fraction of sp³-hybridized carbons (Fsp3) is 0. The molecule has 0 aliphatic rings. The molecule has 1 aromatic heterocycles. The molecule has 0 unspecified atom stereocenters. The average Bonchev–Trinajstić information content (AvgIpc) is 2.78. The molecule has 76 valence electrons. The number of hydrogen-bond donors (Lipinski definition) is 3. The van der Waals surface area contributed by atoms with Crippen molar-refractivity contribution in [3.63, 3.8) is 0 Å². The van der Waals surface area contributed by atoms with Gasteiger partial charge in [-0.25, -0.2) is 4.98 Å². The van der Waals surface area contributed by atoms with Gasteiger partial charge in [-0.1, -0.05) is 43.1 Å². The van der Waals surface area contributed by atoms with Crippen LogP contribution in [0.3, 0.4) is 0 Å². The van der Waals surface area contributed by atoms with E-state index in [2.05, 4.69) is 27.5 Å². The molecule has 0 spiro atoms. The number of hydrogen-bond acceptors (Lipinski definition) is 3. The predicted octanol–water partition coefficient (Wildman–Crippen LogP) is 1.65. The Morgan fingerprint density at radius 3 is 2.73 bits per heavy atom. The smallest absolute Gasteiger partial charge is 0.278 e. The molecule has 1 heterocycles. The van der Waals surface area contributed by atoms with Crippen LogP contribution in [0.15, 0.2) is 36.5 Å². The van der Waals surface area contributed by atoms with Gasteiger partial charge in [0.15, 0.2) is 0 Å². The Kier molecular flexibility index (Phi) is 2.73. The third kappa shape index (κ3) is 2.02. The van der Waals surface area contributed by atoms with Gasteiger partial charge < -0.3 is 4.98 Å². The van der Waals surface area contributed by atoms with Crippen molar-refractivity contribution in [2.24, 2.45) is 0 Å². The minimum absolute atomic E-state index is 0.298. The zero-order valence-electron chi connectivity index (χ0n) is 7.77. The molecule has 15 heavy (non-hydrogen) atoms. The second kappa shape index (κ2) is 4.18. The van der Waals surface area contributed by atoms with E-state index in [9.17, 15) is 4.79 Å². The van der Waals surface area contributed by atoms with Gasteiger partial charge in [0.1, 0.15) is 11.5 Å². The number of amides is 1. The quantitative estimate of drug-likeness (QED) is 0.673. The number of carbonyl (C=O) groups is 1. The van der Waals surface area contributed by atoms with Gasteiger partial charge >= 0.3 is 0 Å². The Morgan fingerprint density at radius 2 is 2.07 bits per heavy atom. The van der Waals surface area contributed by atoms with Crippen LogP contribution in [0.25, 0.3) is 11.4 Å². The number of carbonyl (C=O) groups excluding carboxylic acids is 1. The highest BCUT2D eigenvalue weighted by atomic mass is 32.1. The molecule has 0 atom stereocenters. The normalized spacial score (nSPS) is 9.93. The standard InChI is InChI=1S/C10H9N3OS/c14-10(13-15)8-6-11-9(12-8)7-4-2-1-3-5-7/h1-6,15H,(H,11,12)(H,13,14). The highest BCUT2D eigenvalue weighted by molar-refractivity contribution is 7.78. The summed E-state index contributed by atoms with van der Waals surface area (Å²) in [5, 5.41) is 0. The topological polar surface area (TPSA) is 57.8 Å². The second-order valence-corrected chi connectivity index (χ2v) is 3.18. The van der Waals surface area contributed by atoms with Crippen LogP contribution in [0.2, 0.25) is 0 Å². The molecule has 0 aliphatic heterocycles. The van der Waals surface area contributed by atoms with E-state index >= 15 is 0 Å². The van der Waals surface area contributed by atoms with E-state index in [1.165, 1.54) is 6.20 Å². The van der Waals surface area contributed by atoms with E-state index in [0.29, 0.717) is 11.5 Å². The SMILES string of the molecule is O=C(NS)c1cnc(-c2ccccc2)[nH]1. The largest absolute Gasteiger partial charge is 0.334 e. The molecule has 1 aromatic carbocycles. The van der Waals surface area contributed by atoms with Crippen LogP contribution < -0.4 is 4.72 Å². The van der Waals surface area contributed by atoms with Crippen molar-refractivity contribution < 1.29 is 4.79 Å². The average molecular weight is 219 g/mol. The Hall–Kier alpha value is -1.75. The van der Waals surface area contributed by atoms with Gasteiger partial charge in [0.05, 0.1) is 6.20 Å². The van der Waals surface area contributed by atoms with E-state index in [0.717, 1.165) is 5.56 Å². The number of rotatable bonds is 2. The van der Waals surface area contributed by atoms with Crippen LogP contribution in [-0.2, 0) is 0 Å². The monoisotopic (exact) mass is 219 g/mol. The first-order chi connectivity index (χ1) is 7.31. The summed E-state index contributed by atoms with van der Waals surface area (Å²) in [6.07, 6.45) is 1.48. The van der Waals surface area contributed by atoms with Crippen molar-refractivity contribution in [3.05, 3.63) is 42.2 Å². The lowest BCUT2D eigenvalue weighted by Crippen LogP contribution is -2.12. The van der Waals surface area contributed by atoms with Crippen molar-refractivity contribution in [3.8, 4) is 11.4 Å². The highest BCUT2D eigenvalue weighted by Gasteiger charge is 2.08. The second-order valence-electron chi connectivity index (χ2n) is 2.95. The third-order valence-corrected chi connectivity index (χ3v) is 2.17. The summed E-state index contributed by atoms with van der Waals surface area (Å²) in [5.74, 6) is 0.371. The van der Waals surface area contributed by atoms with Gasteiger partial charge in [-0.15, -0.1) is 0 Å². The molecule has 0 saturated carbocycles. The lowest BCUT2D eigenvalue weighted by atomic mass is 10.2. The summed E-state index contributed by atoms with van der Waals surface area (Å²) < 4.78 is 2.23. The number of benzene rings is 1. The lowest BCUT2D eigenvalue weighted by Gasteiger charge is -1.95. The van der Waals surface area contributed by atoms with Gasteiger partial charge in [-0.2, -0.15) is 0 Å². The number of nitrogens with zero attached hydrogens (tertiary/aromatic N) is 1. The van der Waals surface area contributed by atoms with Gasteiger partial charge in [0, 0.05) is 5.56 Å². The number of aromatic nitrogens is 2. The number of thiol groups is 1. The van der Waals surface area contributed by atoms with Crippen molar-refractivity contribution in [1.29, 1.82) is 0 Å². The zero-order chi connectivity index (χ0) is 10.7. The molecular weight excluding hydrogens is 210 g/mol. The lowest BCUT2D eigenvalue weighted by molar-refractivity contribution is 0.0981. The summed E-state index contributed by atoms with van der Waals surface area (Å²) in [4.78, 5) is 18.2. The van der Waals surface area contributed by atoms with Crippen molar-refractivity contribution in [2.75, 3.05) is 0 Å². The molecule has 2 aromatic rings. The highest BCUT2D eigenvalue weighted by Crippen LogP contribution is 2.14. The summed E-state index contributed by atoms with van der Waals surface area (Å²) in [7, 11) is 0. The number of imidazole rings is 1. The number of aromatic amines is 1. The number of H-pyrrole nitrogens is 1. The van der Waals surface area contributed by atoms with E-state index in [-0.39, 0.29) is 5.91 Å². The third-order valence-electron chi connectivity index (χ3n) is 1.97. The molecule has 4 nitrogen and oxygen atoms in total. The van der Waals surface area contributed by atoms with Crippen LogP contribution >= 0.6 is 12.8 Å². The van der Waals surface area contributed by atoms with E-state index in [4.69, 9.17) is 0 Å². The molecule has 5 heteroatoms. The maximum absolute atomic E-state index is 11.2. The fourth-order valence-electron chi connectivity index (χ4n) is 1.24. The molecule has 2 N–H and O–H groups in total. The molecule has 0 fully saturated rings. The van der Waals surface area contributed by atoms with Crippen LogP contribution in [0.1, 0.15) is 10.5 Å². The Labute approximate surface area is 92.3 Å². The summed E-state index contributed by atoms with van der Waals surface area (Å²) in [6.45, 7) is 0. The summed E-state index contributed by atoms with van der Waals surface area (Å²) in [5.41, 5.74) is 1.33. The van der Waals surface area contributed by atoms with Crippen LogP contribution in [0.5, 0.6) is 0 Å². The van der Waals surface area contributed by atoms with Gasteiger partial charge in [-0.3, -0.25) is 9.52 Å². The van der Waals surface area contributed by atoms with Gasteiger partial charge in [0.2, 0.25) is 0 Å². The maximum atomic E-state index is 11.2. The van der Waals surface area contributed by atoms with E-state index in [1.807, 2.05) is 30.3 Å². The summed E-state index contributed by atoms with van der Waals surface area (Å²) >= 11 is 3.68. The maximum Gasteiger partial charge on any atom is 0.278 e. The van der Waals surface area contributed by atoms with E-state index in [1.54, 1.807) is 0 Å². The minimum atomic E-state index is -0.298. The van der Waals surface area contributed by atoms with Crippen LogP contribution in [0, 0.1) is 0 Å². The van der Waals surface area contributed by atoms with Gasteiger partial charge in [0.25, 0.3) is 5.91 Å². The molecule has 1 amide bonds. The molecule has 0 bridgehead atoms. The summed E-state index contributed by atoms with van der Waals surface area (Å²) in [6, 6.07) is 9.59. The molecule has 0 aliphatic carbocycles. The molecule has 2 rings (SSSR count). The zero-order valence-corrected chi connectivity index (χ0v) is 8.66. The minimum Gasteiger partial charge on any atom is -0.334 e. The van der Waals surface area contributed by atoms with Crippen molar-refractivity contribution in [2.45, 2.75) is 0 Å². The van der Waals surface area contributed by atoms with E-state index < -0.39 is 0 Å². The first-order valence-corrected chi connectivity index (χ1v) is 4.81. The van der Waals surface area contributed by atoms with Crippen molar-refractivity contribution >= 4 is 18.7 Å². The Bertz CT molecular complexity index is 467.